The van der Waals surface area contributed by atoms with Gasteiger partial charge >= 0.3 is 0 Å². The number of nitrogens with zero attached hydrogens (tertiary/aromatic N) is 1. The van der Waals surface area contributed by atoms with E-state index in [2.05, 4.69) is 29.4 Å². The molecule has 0 fully saturated rings. The third kappa shape index (κ3) is 3.33. The molecule has 2 aromatic heterocycles. The van der Waals surface area contributed by atoms with Crippen molar-refractivity contribution in [3.05, 3.63) is 62.7 Å². The molecular weight excluding hydrogens is 418 g/mol. The highest BCUT2D eigenvalue weighted by molar-refractivity contribution is 7.16. The number of amides is 1. The summed E-state index contributed by atoms with van der Waals surface area (Å²) >= 11 is 7.96. The van der Waals surface area contributed by atoms with Crippen molar-refractivity contribution < 1.29 is 9.21 Å². The second-order valence-corrected chi connectivity index (χ2v) is 9.75. The Morgan fingerprint density at radius 3 is 2.83 bits per heavy atom. The molecule has 2 aliphatic heterocycles. The lowest BCUT2D eigenvalue weighted by Crippen LogP contribution is -2.39. The van der Waals surface area contributed by atoms with Crippen molar-refractivity contribution in [1.29, 1.82) is 0 Å². The SMILES string of the molecule is Cc1ccc(-c2ccc([C@H]3NC(=O)c4c(sc5c4CCN(C(C)C)C5)N3)o2)cc1Cl. The summed E-state index contributed by atoms with van der Waals surface area (Å²) in [4.78, 5) is 16.7. The van der Waals surface area contributed by atoms with Crippen LogP contribution in [0.1, 0.15) is 52.1 Å². The van der Waals surface area contributed by atoms with Gasteiger partial charge in [-0.3, -0.25) is 9.69 Å². The number of furan rings is 1. The molecule has 2 N–H and O–H groups in total. The predicted octanol–water partition coefficient (Wildman–Crippen LogP) is 5.59. The van der Waals surface area contributed by atoms with E-state index in [1.54, 1.807) is 11.3 Å². The summed E-state index contributed by atoms with van der Waals surface area (Å²) in [5.74, 6) is 1.38. The maximum atomic E-state index is 13.0. The third-order valence-corrected chi connectivity index (χ3v) is 7.52. The molecule has 0 bridgehead atoms. The minimum atomic E-state index is -0.388. The highest BCUT2D eigenvalue weighted by Gasteiger charge is 2.34. The zero-order chi connectivity index (χ0) is 21.0. The molecule has 1 aromatic carbocycles. The number of nitrogens with one attached hydrogen (secondary N) is 2. The molecule has 5 rings (SSSR count). The van der Waals surface area contributed by atoms with Gasteiger partial charge in [-0.2, -0.15) is 0 Å². The fourth-order valence-electron chi connectivity index (χ4n) is 4.13. The minimum Gasteiger partial charge on any atom is -0.457 e. The van der Waals surface area contributed by atoms with Gasteiger partial charge < -0.3 is 15.1 Å². The number of anilines is 1. The van der Waals surface area contributed by atoms with Crippen molar-refractivity contribution in [1.82, 2.24) is 10.2 Å². The maximum absolute atomic E-state index is 13.0. The van der Waals surface area contributed by atoms with Gasteiger partial charge in [0, 0.05) is 34.6 Å². The highest BCUT2D eigenvalue weighted by Crippen LogP contribution is 2.41. The third-order valence-electron chi connectivity index (χ3n) is 5.96. The second kappa shape index (κ2) is 7.45. The number of hydrogen-bond acceptors (Lipinski definition) is 5. The van der Waals surface area contributed by atoms with Crippen LogP contribution >= 0.6 is 22.9 Å². The van der Waals surface area contributed by atoms with Gasteiger partial charge in [-0.15, -0.1) is 11.3 Å². The summed E-state index contributed by atoms with van der Waals surface area (Å²) in [7, 11) is 0. The molecule has 2 aliphatic rings. The number of thiophene rings is 1. The fourth-order valence-corrected chi connectivity index (χ4v) is 5.61. The number of halogens is 1. The van der Waals surface area contributed by atoms with Crippen LogP contribution in [-0.2, 0) is 13.0 Å². The van der Waals surface area contributed by atoms with E-state index >= 15 is 0 Å². The number of rotatable bonds is 3. The van der Waals surface area contributed by atoms with Crippen molar-refractivity contribution >= 4 is 33.8 Å². The van der Waals surface area contributed by atoms with E-state index < -0.39 is 0 Å². The molecule has 0 aliphatic carbocycles. The lowest BCUT2D eigenvalue weighted by molar-refractivity contribution is 0.0930. The molecule has 1 amide bonds. The first-order valence-corrected chi connectivity index (χ1v) is 11.4. The number of aryl methyl sites for hydroxylation is 1. The topological polar surface area (TPSA) is 57.5 Å². The van der Waals surface area contributed by atoms with E-state index in [1.807, 2.05) is 37.3 Å². The molecule has 0 unspecified atom stereocenters. The lowest BCUT2D eigenvalue weighted by atomic mass is 10.0. The van der Waals surface area contributed by atoms with Crippen LogP contribution in [0.25, 0.3) is 11.3 Å². The quantitative estimate of drug-likeness (QED) is 0.556. The van der Waals surface area contributed by atoms with Gasteiger partial charge in [-0.25, -0.2) is 0 Å². The average Bonchev–Trinajstić information content (AvgIpc) is 3.34. The van der Waals surface area contributed by atoms with Gasteiger partial charge in [-0.05, 0) is 56.5 Å². The molecular formula is C23H24ClN3O2S. The first-order valence-electron chi connectivity index (χ1n) is 10.2. The number of fused-ring (bicyclic) bond motifs is 3. The number of carbonyl (C=O) groups excluding carboxylic acids is 1. The monoisotopic (exact) mass is 441 g/mol. The molecule has 0 radical (unpaired) electrons. The number of benzene rings is 1. The minimum absolute atomic E-state index is 0.0272. The van der Waals surface area contributed by atoms with Gasteiger partial charge in [0.2, 0.25) is 0 Å². The molecule has 156 valence electrons. The van der Waals surface area contributed by atoms with Crippen LogP contribution in [0.2, 0.25) is 5.02 Å². The predicted molar refractivity (Wildman–Crippen MR) is 121 cm³/mol. The van der Waals surface area contributed by atoms with Crippen molar-refractivity contribution in [2.24, 2.45) is 0 Å². The summed E-state index contributed by atoms with van der Waals surface area (Å²) in [6, 6.07) is 10.2. The molecule has 7 heteroatoms. The van der Waals surface area contributed by atoms with Crippen LogP contribution in [0.15, 0.2) is 34.7 Å². The Labute approximate surface area is 185 Å². The van der Waals surface area contributed by atoms with Crippen molar-refractivity contribution in [2.75, 3.05) is 11.9 Å². The standard InChI is InChI=1S/C23H24ClN3O2S/c1-12(2)27-9-8-15-19(11-27)30-23-20(15)22(28)25-21(26-23)18-7-6-17(29-18)14-5-4-13(3)16(24)10-14/h4-7,10,12,21,26H,8-9,11H2,1-3H3,(H,25,28)/t21-/m0/s1. The Morgan fingerprint density at radius 1 is 1.23 bits per heavy atom. The number of carbonyl (C=O) groups is 1. The zero-order valence-corrected chi connectivity index (χ0v) is 18.8. The Kier molecular flexibility index (Phi) is 4.88. The van der Waals surface area contributed by atoms with Gasteiger partial charge in [0.05, 0.1) is 5.56 Å². The van der Waals surface area contributed by atoms with E-state index in [9.17, 15) is 4.79 Å². The Hall–Kier alpha value is -2.28. The summed E-state index contributed by atoms with van der Waals surface area (Å²) < 4.78 is 6.08. The van der Waals surface area contributed by atoms with Crippen LogP contribution < -0.4 is 10.6 Å². The molecule has 0 saturated carbocycles. The molecule has 1 atom stereocenters. The summed E-state index contributed by atoms with van der Waals surface area (Å²) in [6.45, 7) is 8.30. The van der Waals surface area contributed by atoms with Crippen molar-refractivity contribution in [3.8, 4) is 11.3 Å². The Bertz CT molecular complexity index is 1130. The van der Waals surface area contributed by atoms with E-state index in [0.29, 0.717) is 16.8 Å². The lowest BCUT2D eigenvalue weighted by Gasteiger charge is -2.30. The van der Waals surface area contributed by atoms with E-state index in [4.69, 9.17) is 16.0 Å². The molecule has 30 heavy (non-hydrogen) atoms. The molecule has 0 saturated heterocycles. The van der Waals surface area contributed by atoms with Crippen molar-refractivity contribution in [3.63, 3.8) is 0 Å². The van der Waals surface area contributed by atoms with Gasteiger partial charge in [0.1, 0.15) is 16.5 Å². The smallest absolute Gasteiger partial charge is 0.256 e. The van der Waals surface area contributed by atoms with Crippen LogP contribution in [0.5, 0.6) is 0 Å². The largest absolute Gasteiger partial charge is 0.457 e. The first kappa shape index (κ1) is 19.7. The molecule has 3 aromatic rings. The zero-order valence-electron chi connectivity index (χ0n) is 17.2. The van der Waals surface area contributed by atoms with Crippen LogP contribution in [0.4, 0.5) is 5.00 Å². The van der Waals surface area contributed by atoms with Gasteiger partial charge in [0.25, 0.3) is 5.91 Å². The summed E-state index contributed by atoms with van der Waals surface area (Å²) in [5, 5.41) is 8.19. The Balaban J connectivity index is 1.41. The fraction of sp³-hybridized carbons (Fsp3) is 0.348. The maximum Gasteiger partial charge on any atom is 0.256 e. The van der Waals surface area contributed by atoms with Gasteiger partial charge in [0.15, 0.2) is 6.17 Å². The average molecular weight is 442 g/mol. The first-order chi connectivity index (χ1) is 14.4. The normalized spacial score (nSPS) is 18.7. The Morgan fingerprint density at radius 2 is 2.07 bits per heavy atom. The van der Waals surface area contributed by atoms with Crippen LogP contribution in [0.3, 0.4) is 0 Å². The summed E-state index contributed by atoms with van der Waals surface area (Å²) in [5.41, 5.74) is 3.95. The molecule has 0 spiro atoms. The van der Waals surface area contributed by atoms with E-state index in [1.165, 1.54) is 10.4 Å². The van der Waals surface area contributed by atoms with E-state index in [0.717, 1.165) is 47.0 Å². The van der Waals surface area contributed by atoms with Crippen LogP contribution in [-0.4, -0.2) is 23.4 Å². The molecule has 4 heterocycles. The van der Waals surface area contributed by atoms with E-state index in [-0.39, 0.29) is 12.1 Å². The molecule has 5 nitrogen and oxygen atoms in total. The summed E-state index contributed by atoms with van der Waals surface area (Å²) in [6.07, 6.45) is 0.527. The van der Waals surface area contributed by atoms with Crippen molar-refractivity contribution in [2.45, 2.75) is 45.9 Å². The highest BCUT2D eigenvalue weighted by atomic mass is 35.5. The van der Waals surface area contributed by atoms with Crippen LogP contribution in [0, 0.1) is 6.92 Å². The number of hydrogen-bond donors (Lipinski definition) is 2. The second-order valence-electron chi connectivity index (χ2n) is 8.24. The van der Waals surface area contributed by atoms with Gasteiger partial charge in [-0.1, -0.05) is 23.7 Å².